The summed E-state index contributed by atoms with van der Waals surface area (Å²) in [6.07, 6.45) is 6.29. The molecule has 1 atom stereocenters. The highest BCUT2D eigenvalue weighted by Gasteiger charge is 2.37. The van der Waals surface area contributed by atoms with E-state index >= 15 is 0 Å². The predicted molar refractivity (Wildman–Crippen MR) is 136 cm³/mol. The fourth-order valence-electron chi connectivity index (χ4n) is 5.32. The van der Waals surface area contributed by atoms with E-state index in [0.29, 0.717) is 21.2 Å². The molecule has 0 unspecified atom stereocenters. The van der Waals surface area contributed by atoms with Gasteiger partial charge in [0.2, 0.25) is 0 Å². The molecule has 5 rings (SSSR count). The molecule has 8 nitrogen and oxygen atoms in total. The molecule has 0 amide bonds. The highest BCUT2D eigenvalue weighted by molar-refractivity contribution is 6.35. The summed E-state index contributed by atoms with van der Waals surface area (Å²) in [6, 6.07) is 7.56. The van der Waals surface area contributed by atoms with Gasteiger partial charge in [-0.3, -0.25) is 0 Å². The molecule has 34 heavy (non-hydrogen) atoms. The van der Waals surface area contributed by atoms with E-state index in [2.05, 4.69) is 38.2 Å². The zero-order valence-corrected chi connectivity index (χ0v) is 20.9. The molecule has 2 fully saturated rings. The lowest BCUT2D eigenvalue weighted by atomic mass is 9.71. The summed E-state index contributed by atoms with van der Waals surface area (Å²) in [6.45, 7) is 7.24. The Balaban J connectivity index is 1.31. The van der Waals surface area contributed by atoms with E-state index in [1.807, 2.05) is 12.1 Å². The van der Waals surface area contributed by atoms with Crippen LogP contribution < -0.4 is 10.2 Å². The number of anilines is 2. The Bertz CT molecular complexity index is 1140. The Morgan fingerprint density at radius 3 is 2.53 bits per heavy atom. The third kappa shape index (κ3) is 4.82. The number of hydrogen-bond donors (Lipinski definition) is 2. The fourth-order valence-corrected chi connectivity index (χ4v) is 5.89. The van der Waals surface area contributed by atoms with Gasteiger partial charge in [0.1, 0.15) is 18.0 Å². The summed E-state index contributed by atoms with van der Waals surface area (Å²) in [4.78, 5) is 13.9. The van der Waals surface area contributed by atoms with Crippen LogP contribution in [0.25, 0.3) is 5.78 Å². The number of aromatic nitrogens is 4. The molecule has 2 aliphatic heterocycles. The monoisotopic (exact) mass is 503 g/mol. The molecule has 1 aromatic carbocycles. The number of fused-ring (bicyclic) bond motifs is 1. The molecule has 0 saturated carbocycles. The lowest BCUT2D eigenvalue weighted by Crippen LogP contribution is -2.47. The van der Waals surface area contributed by atoms with Crippen molar-refractivity contribution < 1.29 is 5.11 Å². The number of benzene rings is 1. The molecular formula is C24H31Cl2N7O. The van der Waals surface area contributed by atoms with Crippen LogP contribution in [0.5, 0.6) is 0 Å². The molecule has 1 spiro atoms. The van der Waals surface area contributed by atoms with E-state index in [1.54, 1.807) is 10.6 Å². The highest BCUT2D eigenvalue weighted by atomic mass is 35.5. The first-order valence-electron chi connectivity index (χ1n) is 12.0. The smallest absolute Gasteiger partial charge is 0.256 e. The molecule has 0 bridgehead atoms. The number of nitrogens with one attached hydrogen (secondary N) is 1. The summed E-state index contributed by atoms with van der Waals surface area (Å²) in [5.74, 6) is 2.32. The number of β-amino-alcohol motifs (C(OH)–C–C–N with tert-alkyl or cyclic N) is 1. The molecule has 2 aromatic heterocycles. The van der Waals surface area contributed by atoms with E-state index in [9.17, 15) is 5.11 Å². The first kappa shape index (κ1) is 23.6. The Morgan fingerprint density at radius 2 is 1.82 bits per heavy atom. The first-order valence-corrected chi connectivity index (χ1v) is 12.7. The van der Waals surface area contributed by atoms with Gasteiger partial charge in [-0.25, -0.2) is 0 Å². The average Bonchev–Trinajstić information content (AvgIpc) is 3.30. The summed E-state index contributed by atoms with van der Waals surface area (Å²) < 4.78 is 1.73. The van der Waals surface area contributed by atoms with E-state index < -0.39 is 0 Å². The number of aliphatic hydroxyl groups is 1. The van der Waals surface area contributed by atoms with Crippen molar-refractivity contribution in [2.24, 2.45) is 5.41 Å². The number of piperidine rings is 2. The van der Waals surface area contributed by atoms with Crippen molar-refractivity contribution in [3.8, 4) is 0 Å². The maximum atomic E-state index is 9.22. The number of aliphatic hydroxyl groups excluding tert-OH is 1. The van der Waals surface area contributed by atoms with Crippen LogP contribution in [-0.4, -0.2) is 68.9 Å². The van der Waals surface area contributed by atoms with E-state index in [1.165, 1.54) is 32.0 Å². The Kier molecular flexibility index (Phi) is 6.84. The Labute approximate surface area is 209 Å². The van der Waals surface area contributed by atoms with Crippen LogP contribution >= 0.6 is 23.2 Å². The van der Waals surface area contributed by atoms with Gasteiger partial charge in [-0.2, -0.15) is 19.6 Å². The van der Waals surface area contributed by atoms with Crippen molar-refractivity contribution in [3.05, 3.63) is 46.2 Å². The third-order valence-corrected chi connectivity index (χ3v) is 8.08. The third-order valence-electron chi connectivity index (χ3n) is 7.51. The van der Waals surface area contributed by atoms with E-state index in [-0.39, 0.29) is 12.6 Å². The molecule has 2 N–H and O–H groups in total. The molecule has 0 aliphatic carbocycles. The number of hydrogen-bond acceptors (Lipinski definition) is 7. The van der Waals surface area contributed by atoms with Gasteiger partial charge in [-0.1, -0.05) is 29.3 Å². The highest BCUT2D eigenvalue weighted by Crippen LogP contribution is 2.42. The molecular weight excluding hydrogens is 473 g/mol. The number of nitrogens with zero attached hydrogens (tertiary/aromatic N) is 6. The Morgan fingerprint density at radius 1 is 1.09 bits per heavy atom. The lowest BCUT2D eigenvalue weighted by molar-refractivity contribution is 0.0691. The van der Waals surface area contributed by atoms with Crippen LogP contribution in [0.4, 0.5) is 11.6 Å². The van der Waals surface area contributed by atoms with E-state index in [4.69, 9.17) is 28.2 Å². The first-order chi connectivity index (χ1) is 16.5. The van der Waals surface area contributed by atoms with Crippen molar-refractivity contribution in [3.63, 3.8) is 0 Å². The molecule has 3 aromatic rings. The van der Waals surface area contributed by atoms with Crippen LogP contribution in [0.2, 0.25) is 10.0 Å². The average molecular weight is 504 g/mol. The number of rotatable bonds is 6. The van der Waals surface area contributed by atoms with Gasteiger partial charge in [0.05, 0.1) is 12.6 Å². The molecule has 2 saturated heterocycles. The summed E-state index contributed by atoms with van der Waals surface area (Å²) in [7, 11) is 0. The van der Waals surface area contributed by atoms with Crippen molar-refractivity contribution >= 4 is 40.6 Å². The summed E-state index contributed by atoms with van der Waals surface area (Å²) >= 11 is 12.5. The van der Waals surface area contributed by atoms with Crippen molar-refractivity contribution in [2.75, 3.05) is 49.5 Å². The predicted octanol–water partition coefficient (Wildman–Crippen LogP) is 4.28. The zero-order valence-electron chi connectivity index (χ0n) is 19.4. The second-order valence-corrected chi connectivity index (χ2v) is 10.4. The molecule has 10 heteroatoms. The molecule has 0 radical (unpaired) electrons. The minimum Gasteiger partial charge on any atom is -0.395 e. The summed E-state index contributed by atoms with van der Waals surface area (Å²) in [5.41, 5.74) is 1.38. The summed E-state index contributed by atoms with van der Waals surface area (Å²) in [5, 5.41) is 18.4. The normalized spacial score (nSPS) is 19.6. The maximum absolute atomic E-state index is 9.22. The minimum absolute atomic E-state index is 0.0545. The SMILES string of the molecule is C[C@@H](Nc1cc(N2CCC3(CCN(CCO)CC3)CC2)nc2ncnn12)c1ccc(Cl)cc1Cl. The van der Waals surface area contributed by atoms with Gasteiger partial charge in [-0.15, -0.1) is 0 Å². The second-order valence-electron chi connectivity index (χ2n) is 9.56. The van der Waals surface area contributed by atoms with Crippen molar-refractivity contribution in [1.29, 1.82) is 0 Å². The molecule has 182 valence electrons. The van der Waals surface area contributed by atoms with Crippen LogP contribution in [0, 0.1) is 5.41 Å². The van der Waals surface area contributed by atoms with Crippen LogP contribution in [0.1, 0.15) is 44.2 Å². The molecule has 4 heterocycles. The molecule has 2 aliphatic rings. The van der Waals surface area contributed by atoms with Gasteiger partial charge >= 0.3 is 0 Å². The van der Waals surface area contributed by atoms with Crippen molar-refractivity contribution in [1.82, 2.24) is 24.5 Å². The standard InChI is InChI=1S/C24H31Cl2N7O/c1-17(19-3-2-18(25)14-20(19)26)29-22-15-21(30-23-27-16-28-33(22)23)32-10-6-24(7-11-32)4-8-31(9-5-24)12-13-34/h2-3,14-17,29,34H,4-13H2,1H3/t17-/m1/s1. The van der Waals surface area contributed by atoms with Gasteiger partial charge < -0.3 is 20.2 Å². The Hall–Kier alpha value is -2.13. The zero-order chi connectivity index (χ0) is 23.7. The van der Waals surface area contributed by atoms with Gasteiger partial charge in [-0.05, 0) is 68.8 Å². The van der Waals surface area contributed by atoms with Crippen LogP contribution in [0.15, 0.2) is 30.6 Å². The van der Waals surface area contributed by atoms with Crippen LogP contribution in [0.3, 0.4) is 0 Å². The van der Waals surface area contributed by atoms with Crippen molar-refractivity contribution in [2.45, 2.75) is 38.6 Å². The van der Waals surface area contributed by atoms with Gasteiger partial charge in [0.15, 0.2) is 0 Å². The fraction of sp³-hybridized carbons (Fsp3) is 0.542. The number of likely N-dealkylation sites (tertiary alicyclic amines) is 1. The minimum atomic E-state index is -0.0545. The maximum Gasteiger partial charge on any atom is 0.256 e. The van der Waals surface area contributed by atoms with Gasteiger partial charge in [0, 0.05) is 35.7 Å². The largest absolute Gasteiger partial charge is 0.395 e. The quantitative estimate of drug-likeness (QED) is 0.519. The van der Waals surface area contributed by atoms with Gasteiger partial charge in [0.25, 0.3) is 5.78 Å². The van der Waals surface area contributed by atoms with Crippen LogP contribution in [-0.2, 0) is 0 Å². The lowest BCUT2D eigenvalue weighted by Gasteiger charge is -2.47. The van der Waals surface area contributed by atoms with E-state index in [0.717, 1.165) is 49.9 Å². The topological polar surface area (TPSA) is 81.8 Å². The number of halogens is 2. The second kappa shape index (κ2) is 9.85.